The van der Waals surface area contributed by atoms with Crippen LogP contribution in [0.2, 0.25) is 0 Å². The first-order chi connectivity index (χ1) is 7.81. The van der Waals surface area contributed by atoms with Gasteiger partial charge in [-0.05, 0) is 12.8 Å². The topological polar surface area (TPSA) is 37.4 Å². The molecule has 1 aromatic rings. The van der Waals surface area contributed by atoms with E-state index in [0.29, 0.717) is 13.1 Å². The van der Waals surface area contributed by atoms with E-state index < -0.39 is 0 Å². The number of ketones is 1. The Balaban J connectivity index is 1.99. The van der Waals surface area contributed by atoms with E-state index in [2.05, 4.69) is 0 Å². The van der Waals surface area contributed by atoms with E-state index in [0.717, 1.165) is 18.4 Å². The number of benzene rings is 1. The Labute approximate surface area is 95.1 Å². The first-order valence-corrected chi connectivity index (χ1v) is 5.53. The summed E-state index contributed by atoms with van der Waals surface area (Å²) in [5.41, 5.74) is 0.774. The highest BCUT2D eigenvalue weighted by atomic mass is 16.1. The van der Waals surface area contributed by atoms with Crippen LogP contribution in [-0.2, 0) is 4.79 Å². The molecule has 83 valence electrons. The Bertz CT molecular complexity index is 367. The molecule has 0 atom stereocenters. The number of piperidine rings is 1. The zero-order valence-electron chi connectivity index (χ0n) is 9.06. The van der Waals surface area contributed by atoms with Crippen molar-refractivity contribution < 1.29 is 9.59 Å². The van der Waals surface area contributed by atoms with Gasteiger partial charge in [-0.15, -0.1) is 0 Å². The smallest absolute Gasteiger partial charge is 0.312 e. The van der Waals surface area contributed by atoms with Crippen molar-refractivity contribution in [3.8, 4) is 0 Å². The molecule has 0 spiro atoms. The maximum Gasteiger partial charge on any atom is 0.312 e. The molecule has 1 aliphatic heterocycles. The molecule has 1 aromatic carbocycles. The highest BCUT2D eigenvalue weighted by molar-refractivity contribution is 5.97. The summed E-state index contributed by atoms with van der Waals surface area (Å²) in [6.45, 7) is 1.29. The lowest BCUT2D eigenvalue weighted by Gasteiger charge is -2.27. The summed E-state index contributed by atoms with van der Waals surface area (Å²) in [7, 11) is 0. The molecular weight excluding hydrogens is 202 g/mol. The molecule has 1 radical (unpaired) electrons. The average molecular weight is 216 g/mol. The van der Waals surface area contributed by atoms with Crippen LogP contribution in [0.3, 0.4) is 0 Å². The SMILES string of the molecule is O=[C]N1CCC(C(=O)c2ccccc2)CC1. The first kappa shape index (κ1) is 10.9. The summed E-state index contributed by atoms with van der Waals surface area (Å²) in [6.07, 6.45) is 3.38. The summed E-state index contributed by atoms with van der Waals surface area (Å²) in [4.78, 5) is 24.1. The second-order valence-corrected chi connectivity index (χ2v) is 4.08. The van der Waals surface area contributed by atoms with Gasteiger partial charge in [0, 0.05) is 24.6 Å². The fourth-order valence-electron chi connectivity index (χ4n) is 2.07. The molecule has 0 saturated carbocycles. The van der Waals surface area contributed by atoms with Crippen LogP contribution in [-0.4, -0.2) is 30.2 Å². The number of likely N-dealkylation sites (tertiary alicyclic amines) is 1. The average Bonchev–Trinajstić information content (AvgIpc) is 2.39. The third-order valence-electron chi connectivity index (χ3n) is 3.05. The molecule has 16 heavy (non-hydrogen) atoms. The fourth-order valence-corrected chi connectivity index (χ4v) is 2.07. The maximum absolute atomic E-state index is 12.1. The maximum atomic E-state index is 12.1. The largest absolute Gasteiger partial charge is 0.334 e. The van der Waals surface area contributed by atoms with Gasteiger partial charge < -0.3 is 4.90 Å². The van der Waals surface area contributed by atoms with Crippen molar-refractivity contribution in [2.75, 3.05) is 13.1 Å². The van der Waals surface area contributed by atoms with E-state index in [4.69, 9.17) is 0 Å². The predicted octanol–water partition coefficient (Wildman–Crippen LogP) is 1.65. The minimum absolute atomic E-state index is 0.0620. The normalized spacial score (nSPS) is 17.1. The van der Waals surface area contributed by atoms with E-state index in [1.54, 1.807) is 4.90 Å². The minimum Gasteiger partial charge on any atom is -0.334 e. The van der Waals surface area contributed by atoms with Crippen molar-refractivity contribution in [1.29, 1.82) is 0 Å². The third-order valence-corrected chi connectivity index (χ3v) is 3.05. The van der Waals surface area contributed by atoms with E-state index >= 15 is 0 Å². The van der Waals surface area contributed by atoms with Crippen LogP contribution in [0, 0.1) is 5.92 Å². The van der Waals surface area contributed by atoms with Crippen LogP contribution >= 0.6 is 0 Å². The molecular formula is C13H14NO2. The van der Waals surface area contributed by atoms with Crippen LogP contribution < -0.4 is 0 Å². The van der Waals surface area contributed by atoms with Gasteiger partial charge in [0.15, 0.2) is 5.78 Å². The highest BCUT2D eigenvalue weighted by Crippen LogP contribution is 2.20. The van der Waals surface area contributed by atoms with Gasteiger partial charge in [-0.1, -0.05) is 30.3 Å². The predicted molar refractivity (Wildman–Crippen MR) is 60.8 cm³/mol. The van der Waals surface area contributed by atoms with Crippen molar-refractivity contribution in [3.63, 3.8) is 0 Å². The molecule has 1 saturated heterocycles. The third kappa shape index (κ3) is 2.30. The lowest BCUT2D eigenvalue weighted by molar-refractivity contribution is 0.0871. The zero-order valence-corrected chi connectivity index (χ0v) is 9.06. The van der Waals surface area contributed by atoms with Gasteiger partial charge in [-0.25, -0.2) is 0 Å². The van der Waals surface area contributed by atoms with Gasteiger partial charge in [0.25, 0.3) is 0 Å². The van der Waals surface area contributed by atoms with Crippen LogP contribution in [0.4, 0.5) is 0 Å². The Morgan fingerprint density at radius 1 is 1.19 bits per heavy atom. The van der Waals surface area contributed by atoms with E-state index in [9.17, 15) is 9.59 Å². The molecule has 3 heteroatoms. The molecule has 1 fully saturated rings. The number of carbonyl (C=O) groups excluding carboxylic acids is 2. The van der Waals surface area contributed by atoms with E-state index in [1.807, 2.05) is 36.7 Å². The lowest BCUT2D eigenvalue weighted by atomic mass is 9.89. The minimum atomic E-state index is 0.0620. The van der Waals surface area contributed by atoms with Gasteiger partial charge in [-0.3, -0.25) is 9.59 Å². The van der Waals surface area contributed by atoms with Crippen LogP contribution in [0.15, 0.2) is 30.3 Å². The van der Waals surface area contributed by atoms with Crippen molar-refractivity contribution >= 4 is 12.2 Å². The standard InChI is InChI=1S/C13H14NO2/c15-10-14-8-6-12(7-9-14)13(16)11-4-2-1-3-5-11/h1-5,12H,6-9H2. The molecule has 0 aromatic heterocycles. The summed E-state index contributed by atoms with van der Waals surface area (Å²) in [5, 5.41) is 0. The Morgan fingerprint density at radius 2 is 1.81 bits per heavy atom. The van der Waals surface area contributed by atoms with Crippen LogP contribution in [0.1, 0.15) is 23.2 Å². The molecule has 2 rings (SSSR count). The quantitative estimate of drug-likeness (QED) is 0.720. The molecule has 0 N–H and O–H groups in total. The van der Waals surface area contributed by atoms with Crippen molar-refractivity contribution in [1.82, 2.24) is 4.90 Å². The Hall–Kier alpha value is -1.64. The van der Waals surface area contributed by atoms with Crippen LogP contribution in [0.5, 0.6) is 0 Å². The number of hydrogen-bond acceptors (Lipinski definition) is 2. The van der Waals surface area contributed by atoms with Gasteiger partial charge >= 0.3 is 6.41 Å². The van der Waals surface area contributed by atoms with Crippen LogP contribution in [0.25, 0.3) is 0 Å². The van der Waals surface area contributed by atoms with Gasteiger partial charge in [0.1, 0.15) is 0 Å². The summed E-state index contributed by atoms with van der Waals surface area (Å²) in [6, 6.07) is 9.35. The number of Topliss-reactive ketones (excluding diaryl/α,β-unsaturated/α-hetero) is 1. The summed E-state index contributed by atoms with van der Waals surface area (Å²) in [5.74, 6) is 0.262. The molecule has 1 aliphatic rings. The van der Waals surface area contributed by atoms with Crippen molar-refractivity contribution in [3.05, 3.63) is 35.9 Å². The monoisotopic (exact) mass is 216 g/mol. The van der Waals surface area contributed by atoms with Gasteiger partial charge in [0.2, 0.25) is 0 Å². The van der Waals surface area contributed by atoms with Crippen molar-refractivity contribution in [2.45, 2.75) is 12.8 Å². The molecule has 1 amide bonds. The molecule has 1 heterocycles. The molecule has 3 nitrogen and oxygen atoms in total. The number of rotatable bonds is 3. The first-order valence-electron chi connectivity index (χ1n) is 5.53. The Kier molecular flexibility index (Phi) is 3.34. The second kappa shape index (κ2) is 4.92. The number of carbonyl (C=O) groups is 1. The number of hydrogen-bond donors (Lipinski definition) is 0. The fraction of sp³-hybridized carbons (Fsp3) is 0.385. The molecule has 0 bridgehead atoms. The number of amides is 1. The zero-order chi connectivity index (χ0) is 11.4. The van der Waals surface area contributed by atoms with Gasteiger partial charge in [-0.2, -0.15) is 0 Å². The molecule has 0 unspecified atom stereocenters. The second-order valence-electron chi connectivity index (χ2n) is 4.08. The Morgan fingerprint density at radius 3 is 2.38 bits per heavy atom. The van der Waals surface area contributed by atoms with Crippen molar-refractivity contribution in [2.24, 2.45) is 5.92 Å². The summed E-state index contributed by atoms with van der Waals surface area (Å²) >= 11 is 0. The molecule has 0 aliphatic carbocycles. The van der Waals surface area contributed by atoms with E-state index in [1.165, 1.54) is 0 Å². The van der Waals surface area contributed by atoms with Gasteiger partial charge in [0.05, 0.1) is 0 Å². The number of nitrogens with zero attached hydrogens (tertiary/aromatic N) is 1. The highest BCUT2D eigenvalue weighted by Gasteiger charge is 2.25. The van der Waals surface area contributed by atoms with E-state index in [-0.39, 0.29) is 11.7 Å². The summed E-state index contributed by atoms with van der Waals surface area (Å²) < 4.78 is 0. The lowest BCUT2D eigenvalue weighted by Crippen LogP contribution is -2.35.